The molecular weight excluding hydrogens is 232 g/mol. The molecule has 2 unspecified atom stereocenters. The number of carbonyl (C=O) groups is 1. The molecule has 0 saturated carbocycles. The number of piperidine rings is 1. The lowest BCUT2D eigenvalue weighted by Crippen LogP contribution is -2.50. The second-order valence-corrected chi connectivity index (χ2v) is 5.57. The minimum atomic E-state index is 0.0806. The summed E-state index contributed by atoms with van der Waals surface area (Å²) >= 11 is 1.73. The van der Waals surface area contributed by atoms with Crippen molar-refractivity contribution in [2.75, 3.05) is 18.0 Å². The van der Waals surface area contributed by atoms with Crippen molar-refractivity contribution in [2.24, 2.45) is 5.92 Å². The molecule has 2 rings (SSSR count). The number of nitrogens with zero attached hydrogens (tertiary/aromatic N) is 1. The summed E-state index contributed by atoms with van der Waals surface area (Å²) in [6.45, 7) is 5.88. The topological polar surface area (TPSA) is 32.3 Å². The summed E-state index contributed by atoms with van der Waals surface area (Å²) in [5.41, 5.74) is 1.29. The van der Waals surface area contributed by atoms with Crippen molar-refractivity contribution < 1.29 is 4.79 Å². The van der Waals surface area contributed by atoms with Crippen LogP contribution in [0.4, 0.5) is 5.69 Å². The number of carbonyl (C=O) groups excluding carboxylic acids is 1. The summed E-state index contributed by atoms with van der Waals surface area (Å²) in [7, 11) is 0. The second-order valence-electron chi connectivity index (χ2n) is 4.79. The Morgan fingerprint density at radius 2 is 2.41 bits per heavy atom. The number of thiophene rings is 1. The highest BCUT2D eigenvalue weighted by molar-refractivity contribution is 7.08. The molecule has 0 bridgehead atoms. The lowest BCUT2D eigenvalue weighted by molar-refractivity contribution is -0.119. The number of amides is 1. The summed E-state index contributed by atoms with van der Waals surface area (Å²) in [6.07, 6.45) is 2.29. The predicted molar refractivity (Wildman–Crippen MR) is 72.5 cm³/mol. The molecule has 0 aliphatic carbocycles. The first kappa shape index (κ1) is 12.4. The van der Waals surface area contributed by atoms with Crippen LogP contribution in [0.25, 0.3) is 0 Å². The summed E-state index contributed by atoms with van der Waals surface area (Å²) in [5, 5.41) is 7.35. The van der Waals surface area contributed by atoms with Gasteiger partial charge < -0.3 is 10.2 Å². The predicted octanol–water partition coefficient (Wildman–Crippen LogP) is 2.49. The molecule has 0 aromatic carbocycles. The zero-order valence-electron chi connectivity index (χ0n) is 10.5. The van der Waals surface area contributed by atoms with E-state index in [1.807, 2.05) is 0 Å². The van der Waals surface area contributed by atoms with Crippen LogP contribution < -0.4 is 10.2 Å². The Hall–Kier alpha value is -1.03. The highest BCUT2D eigenvalue weighted by atomic mass is 32.1. The molecule has 1 N–H and O–H groups in total. The first-order valence-corrected chi connectivity index (χ1v) is 7.17. The first-order valence-electron chi connectivity index (χ1n) is 6.23. The van der Waals surface area contributed by atoms with E-state index in [4.69, 9.17) is 0 Å². The Morgan fingerprint density at radius 3 is 3.00 bits per heavy atom. The Bertz CT molecular complexity index is 364. The molecule has 3 nitrogen and oxygen atoms in total. The smallest absolute Gasteiger partial charge is 0.217 e. The fraction of sp³-hybridized carbons (Fsp3) is 0.615. The number of rotatable bonds is 3. The minimum absolute atomic E-state index is 0.0806. The van der Waals surface area contributed by atoms with Gasteiger partial charge in [-0.05, 0) is 23.8 Å². The molecule has 17 heavy (non-hydrogen) atoms. The molecule has 1 amide bonds. The van der Waals surface area contributed by atoms with E-state index in [-0.39, 0.29) is 5.91 Å². The third kappa shape index (κ3) is 3.22. The fourth-order valence-corrected chi connectivity index (χ4v) is 3.20. The van der Waals surface area contributed by atoms with Crippen LogP contribution in [0.2, 0.25) is 0 Å². The molecule has 4 heteroatoms. The standard InChI is InChI=1S/C13H20N2OS/c1-3-11-6-12(14-10(2)16)8-15(7-11)13-4-5-17-9-13/h4-5,9,11-12H,3,6-8H2,1-2H3,(H,14,16). The maximum absolute atomic E-state index is 11.2. The molecule has 1 aliphatic heterocycles. The summed E-state index contributed by atoms with van der Waals surface area (Å²) in [4.78, 5) is 13.6. The van der Waals surface area contributed by atoms with E-state index >= 15 is 0 Å². The van der Waals surface area contributed by atoms with Crippen LogP contribution >= 0.6 is 11.3 Å². The monoisotopic (exact) mass is 252 g/mol. The van der Waals surface area contributed by atoms with E-state index in [2.05, 4.69) is 34.0 Å². The van der Waals surface area contributed by atoms with Crippen molar-refractivity contribution >= 4 is 22.9 Å². The van der Waals surface area contributed by atoms with E-state index in [1.54, 1.807) is 18.3 Å². The van der Waals surface area contributed by atoms with Crippen LogP contribution in [-0.4, -0.2) is 25.0 Å². The number of nitrogens with one attached hydrogen (secondary N) is 1. The molecular formula is C13H20N2OS. The molecule has 1 aromatic rings. The lowest BCUT2D eigenvalue weighted by atomic mass is 9.92. The van der Waals surface area contributed by atoms with Crippen LogP contribution in [0.15, 0.2) is 16.8 Å². The van der Waals surface area contributed by atoms with Gasteiger partial charge in [0.05, 0.1) is 0 Å². The average Bonchev–Trinajstić information content (AvgIpc) is 2.81. The number of hydrogen-bond acceptors (Lipinski definition) is 3. The Kier molecular flexibility index (Phi) is 4.05. The highest BCUT2D eigenvalue weighted by Gasteiger charge is 2.26. The largest absolute Gasteiger partial charge is 0.369 e. The normalized spacial score (nSPS) is 24.7. The first-order chi connectivity index (χ1) is 8.19. The van der Waals surface area contributed by atoms with Gasteiger partial charge in [0.25, 0.3) is 0 Å². The van der Waals surface area contributed by atoms with Gasteiger partial charge >= 0.3 is 0 Å². The number of hydrogen-bond donors (Lipinski definition) is 1. The molecule has 2 heterocycles. The van der Waals surface area contributed by atoms with Crippen molar-refractivity contribution in [1.82, 2.24) is 5.32 Å². The van der Waals surface area contributed by atoms with Crippen molar-refractivity contribution in [3.63, 3.8) is 0 Å². The van der Waals surface area contributed by atoms with Gasteiger partial charge in [-0.1, -0.05) is 13.3 Å². The third-order valence-corrected chi connectivity index (χ3v) is 4.06. The van der Waals surface area contributed by atoms with Crippen LogP contribution in [0.1, 0.15) is 26.7 Å². The van der Waals surface area contributed by atoms with Crippen LogP contribution in [0, 0.1) is 5.92 Å². The van der Waals surface area contributed by atoms with E-state index in [0.717, 1.165) is 19.5 Å². The second kappa shape index (κ2) is 5.54. The molecule has 1 saturated heterocycles. The van der Waals surface area contributed by atoms with Gasteiger partial charge in [0.1, 0.15) is 0 Å². The van der Waals surface area contributed by atoms with Crippen LogP contribution in [0.5, 0.6) is 0 Å². The van der Waals surface area contributed by atoms with E-state index in [0.29, 0.717) is 12.0 Å². The van der Waals surface area contributed by atoms with E-state index < -0.39 is 0 Å². The fourth-order valence-electron chi connectivity index (χ4n) is 2.54. The van der Waals surface area contributed by atoms with Crippen LogP contribution in [0.3, 0.4) is 0 Å². The molecule has 94 valence electrons. The SMILES string of the molecule is CCC1CC(NC(C)=O)CN(c2ccsc2)C1. The van der Waals surface area contributed by atoms with Gasteiger partial charge in [-0.2, -0.15) is 11.3 Å². The summed E-state index contributed by atoms with van der Waals surface area (Å²) in [6, 6.07) is 2.46. The Labute approximate surface area is 107 Å². The molecule has 1 fully saturated rings. The maximum atomic E-state index is 11.2. The minimum Gasteiger partial charge on any atom is -0.369 e. The molecule has 2 atom stereocenters. The molecule has 1 aliphatic rings. The van der Waals surface area contributed by atoms with Crippen molar-refractivity contribution in [3.05, 3.63) is 16.8 Å². The van der Waals surface area contributed by atoms with Crippen molar-refractivity contribution in [1.29, 1.82) is 0 Å². The van der Waals surface area contributed by atoms with Gasteiger partial charge in [0, 0.05) is 37.1 Å². The van der Waals surface area contributed by atoms with Gasteiger partial charge in [-0.3, -0.25) is 4.79 Å². The van der Waals surface area contributed by atoms with Gasteiger partial charge in [0.2, 0.25) is 5.91 Å². The highest BCUT2D eigenvalue weighted by Crippen LogP contribution is 2.26. The van der Waals surface area contributed by atoms with Gasteiger partial charge in [-0.25, -0.2) is 0 Å². The van der Waals surface area contributed by atoms with E-state index in [1.165, 1.54) is 12.1 Å². The summed E-state index contributed by atoms with van der Waals surface area (Å²) < 4.78 is 0. The molecule has 1 aromatic heterocycles. The maximum Gasteiger partial charge on any atom is 0.217 e. The van der Waals surface area contributed by atoms with Gasteiger partial charge in [-0.15, -0.1) is 0 Å². The average molecular weight is 252 g/mol. The van der Waals surface area contributed by atoms with Crippen LogP contribution in [-0.2, 0) is 4.79 Å². The summed E-state index contributed by atoms with van der Waals surface area (Å²) in [5.74, 6) is 0.762. The zero-order valence-corrected chi connectivity index (χ0v) is 11.3. The molecule has 0 spiro atoms. The van der Waals surface area contributed by atoms with Crippen molar-refractivity contribution in [2.45, 2.75) is 32.7 Å². The van der Waals surface area contributed by atoms with E-state index in [9.17, 15) is 4.79 Å². The lowest BCUT2D eigenvalue weighted by Gasteiger charge is -2.38. The quantitative estimate of drug-likeness (QED) is 0.896. The number of anilines is 1. The zero-order chi connectivity index (χ0) is 12.3. The Balaban J connectivity index is 2.04. The Morgan fingerprint density at radius 1 is 1.59 bits per heavy atom. The van der Waals surface area contributed by atoms with Gasteiger partial charge in [0.15, 0.2) is 0 Å². The molecule has 0 radical (unpaired) electrons. The third-order valence-electron chi connectivity index (χ3n) is 3.39. The van der Waals surface area contributed by atoms with Crippen molar-refractivity contribution in [3.8, 4) is 0 Å².